The first-order valence-corrected chi connectivity index (χ1v) is 9.88. The molecule has 27 heavy (non-hydrogen) atoms. The van der Waals surface area contributed by atoms with Crippen LogP contribution in [0.15, 0.2) is 59.9 Å². The Morgan fingerprint density at radius 1 is 1.15 bits per heavy atom. The monoisotopic (exact) mass is 383 g/mol. The molecule has 1 N–H and O–H groups in total. The third-order valence-electron chi connectivity index (χ3n) is 4.22. The van der Waals surface area contributed by atoms with Crippen molar-refractivity contribution in [1.29, 1.82) is 0 Å². The van der Waals surface area contributed by atoms with Crippen LogP contribution in [0.25, 0.3) is 5.52 Å². The molecule has 0 aliphatic rings. The lowest BCUT2D eigenvalue weighted by Crippen LogP contribution is -2.32. The number of benzene rings is 1. The van der Waals surface area contributed by atoms with Crippen molar-refractivity contribution in [2.24, 2.45) is 0 Å². The van der Waals surface area contributed by atoms with Crippen molar-refractivity contribution in [3.63, 3.8) is 0 Å². The van der Waals surface area contributed by atoms with Gasteiger partial charge in [-0.1, -0.05) is 48.2 Å². The minimum absolute atomic E-state index is 0.0264. The Morgan fingerprint density at radius 2 is 1.89 bits per heavy atom. The van der Waals surface area contributed by atoms with Crippen LogP contribution in [0.5, 0.6) is 0 Å². The molecule has 0 bridgehead atoms. The van der Waals surface area contributed by atoms with Crippen molar-refractivity contribution in [3.8, 4) is 0 Å². The standard InChI is InChI=1S/C20H21N3O3S/c1-27-20-21-18(16-10-5-6-13-23(16)20)19(26)22(12-7-11-17(24)25)14-15-8-3-2-4-9-15/h2-6,8-10,13H,7,11-12,14H2,1H3,(H,24,25). The summed E-state index contributed by atoms with van der Waals surface area (Å²) in [5.41, 5.74) is 2.14. The molecular formula is C20H21N3O3S. The van der Waals surface area contributed by atoms with E-state index in [1.165, 1.54) is 11.8 Å². The number of rotatable bonds is 8. The van der Waals surface area contributed by atoms with E-state index in [0.29, 0.717) is 25.2 Å². The fraction of sp³-hybridized carbons (Fsp3) is 0.250. The zero-order valence-corrected chi connectivity index (χ0v) is 15.9. The molecule has 3 aromatic rings. The van der Waals surface area contributed by atoms with Crippen LogP contribution in [0.1, 0.15) is 28.9 Å². The van der Waals surface area contributed by atoms with E-state index in [0.717, 1.165) is 16.2 Å². The number of nitrogens with zero attached hydrogens (tertiary/aromatic N) is 3. The summed E-state index contributed by atoms with van der Waals surface area (Å²) in [5.74, 6) is -1.05. The first-order valence-electron chi connectivity index (χ1n) is 8.66. The van der Waals surface area contributed by atoms with E-state index in [1.807, 2.05) is 65.4 Å². The van der Waals surface area contributed by atoms with Gasteiger partial charge in [-0.05, 0) is 30.4 Å². The lowest BCUT2D eigenvalue weighted by Gasteiger charge is -2.22. The van der Waals surface area contributed by atoms with Crippen LogP contribution in [0.4, 0.5) is 0 Å². The van der Waals surface area contributed by atoms with E-state index in [9.17, 15) is 9.59 Å². The van der Waals surface area contributed by atoms with Crippen LogP contribution in [0, 0.1) is 0 Å². The molecule has 0 aliphatic carbocycles. The number of fused-ring (bicyclic) bond motifs is 1. The van der Waals surface area contributed by atoms with Gasteiger partial charge >= 0.3 is 5.97 Å². The second-order valence-electron chi connectivity index (χ2n) is 6.11. The van der Waals surface area contributed by atoms with Crippen LogP contribution < -0.4 is 0 Å². The molecule has 140 valence electrons. The van der Waals surface area contributed by atoms with Crippen LogP contribution in [0.3, 0.4) is 0 Å². The summed E-state index contributed by atoms with van der Waals surface area (Å²) in [6.07, 6.45) is 4.23. The summed E-state index contributed by atoms with van der Waals surface area (Å²) in [6.45, 7) is 0.778. The van der Waals surface area contributed by atoms with Crippen molar-refractivity contribution >= 4 is 29.2 Å². The highest BCUT2D eigenvalue weighted by molar-refractivity contribution is 7.98. The number of aliphatic carboxylic acids is 1. The van der Waals surface area contributed by atoms with Crippen LogP contribution in [0.2, 0.25) is 0 Å². The Morgan fingerprint density at radius 3 is 2.59 bits per heavy atom. The Balaban J connectivity index is 1.91. The molecule has 0 saturated heterocycles. The fourth-order valence-electron chi connectivity index (χ4n) is 2.94. The molecule has 7 heteroatoms. The van der Waals surface area contributed by atoms with Gasteiger partial charge in [0.15, 0.2) is 10.9 Å². The number of carbonyl (C=O) groups is 2. The maximum absolute atomic E-state index is 13.3. The second kappa shape index (κ2) is 8.73. The Labute approximate surface area is 161 Å². The normalized spacial score (nSPS) is 10.9. The van der Waals surface area contributed by atoms with Gasteiger partial charge in [0.1, 0.15) is 0 Å². The summed E-state index contributed by atoms with van der Waals surface area (Å²) >= 11 is 1.48. The number of hydrogen-bond donors (Lipinski definition) is 1. The molecule has 2 heterocycles. The third kappa shape index (κ3) is 4.49. The van der Waals surface area contributed by atoms with E-state index in [4.69, 9.17) is 5.11 Å². The van der Waals surface area contributed by atoms with Crippen molar-refractivity contribution in [2.75, 3.05) is 12.8 Å². The maximum Gasteiger partial charge on any atom is 0.303 e. The minimum Gasteiger partial charge on any atom is -0.481 e. The summed E-state index contributed by atoms with van der Waals surface area (Å²) < 4.78 is 1.90. The molecule has 0 unspecified atom stereocenters. The summed E-state index contributed by atoms with van der Waals surface area (Å²) in [5, 5.41) is 9.68. The SMILES string of the molecule is CSc1nc(C(=O)N(CCCC(=O)O)Cc2ccccc2)c2ccccn12. The maximum atomic E-state index is 13.3. The minimum atomic E-state index is -0.862. The van der Waals surface area contributed by atoms with Gasteiger partial charge in [0.2, 0.25) is 0 Å². The van der Waals surface area contributed by atoms with E-state index >= 15 is 0 Å². The topological polar surface area (TPSA) is 74.9 Å². The lowest BCUT2D eigenvalue weighted by molar-refractivity contribution is -0.137. The Bertz CT molecular complexity index is 940. The fourth-order valence-corrected chi connectivity index (χ4v) is 3.48. The Kier molecular flexibility index (Phi) is 6.13. The van der Waals surface area contributed by atoms with Gasteiger partial charge in [0.05, 0.1) is 5.52 Å². The summed E-state index contributed by atoms with van der Waals surface area (Å²) in [7, 11) is 0. The van der Waals surface area contributed by atoms with Crippen molar-refractivity contribution in [3.05, 3.63) is 66.0 Å². The molecule has 2 aromatic heterocycles. The predicted molar refractivity (Wildman–Crippen MR) is 105 cm³/mol. The number of hydrogen-bond acceptors (Lipinski definition) is 4. The predicted octanol–water partition coefficient (Wildman–Crippen LogP) is 3.56. The van der Waals surface area contributed by atoms with E-state index in [1.54, 1.807) is 4.90 Å². The molecule has 0 aliphatic heterocycles. The van der Waals surface area contributed by atoms with Crippen LogP contribution in [-0.2, 0) is 11.3 Å². The van der Waals surface area contributed by atoms with Crippen LogP contribution in [-0.4, -0.2) is 44.1 Å². The van der Waals surface area contributed by atoms with Gasteiger partial charge in [-0.15, -0.1) is 0 Å². The first kappa shape index (κ1) is 19.0. The second-order valence-corrected chi connectivity index (χ2v) is 6.89. The zero-order valence-electron chi connectivity index (χ0n) is 15.0. The molecule has 0 spiro atoms. The number of carboxylic acids is 1. The highest BCUT2D eigenvalue weighted by Gasteiger charge is 2.23. The molecule has 0 fully saturated rings. The molecule has 6 nitrogen and oxygen atoms in total. The summed E-state index contributed by atoms with van der Waals surface area (Å²) in [6, 6.07) is 15.3. The van der Waals surface area contributed by atoms with Gasteiger partial charge in [0, 0.05) is 25.7 Å². The number of carboxylic acid groups (broad SMARTS) is 1. The van der Waals surface area contributed by atoms with Crippen molar-refractivity contribution < 1.29 is 14.7 Å². The van der Waals surface area contributed by atoms with Gasteiger partial charge in [-0.25, -0.2) is 4.98 Å². The largest absolute Gasteiger partial charge is 0.481 e. The van der Waals surface area contributed by atoms with Gasteiger partial charge in [-0.3, -0.25) is 14.0 Å². The van der Waals surface area contributed by atoms with Gasteiger partial charge in [-0.2, -0.15) is 0 Å². The quantitative estimate of drug-likeness (QED) is 0.602. The molecule has 3 rings (SSSR count). The highest BCUT2D eigenvalue weighted by atomic mass is 32.2. The summed E-state index contributed by atoms with van der Waals surface area (Å²) in [4.78, 5) is 30.3. The van der Waals surface area contributed by atoms with E-state index in [-0.39, 0.29) is 12.3 Å². The molecule has 0 atom stereocenters. The molecular weight excluding hydrogens is 362 g/mol. The molecule has 1 aromatic carbocycles. The number of thioether (sulfide) groups is 1. The van der Waals surface area contributed by atoms with Crippen molar-refractivity contribution in [2.45, 2.75) is 24.5 Å². The number of aromatic nitrogens is 2. The number of pyridine rings is 1. The lowest BCUT2D eigenvalue weighted by atomic mass is 10.2. The molecule has 0 radical (unpaired) electrons. The van der Waals surface area contributed by atoms with E-state index < -0.39 is 5.97 Å². The molecule has 1 amide bonds. The molecule has 0 saturated carbocycles. The van der Waals surface area contributed by atoms with Crippen LogP contribution >= 0.6 is 11.8 Å². The number of carbonyl (C=O) groups excluding carboxylic acids is 1. The Hall–Kier alpha value is -2.80. The highest BCUT2D eigenvalue weighted by Crippen LogP contribution is 2.22. The number of imidazole rings is 1. The van der Waals surface area contributed by atoms with Gasteiger partial charge < -0.3 is 10.0 Å². The average Bonchev–Trinajstić information content (AvgIpc) is 3.06. The van der Waals surface area contributed by atoms with E-state index in [2.05, 4.69) is 4.98 Å². The number of amides is 1. The van der Waals surface area contributed by atoms with Crippen molar-refractivity contribution in [1.82, 2.24) is 14.3 Å². The van der Waals surface area contributed by atoms with Gasteiger partial charge in [0.25, 0.3) is 5.91 Å². The first-order chi connectivity index (χ1) is 13.1. The smallest absolute Gasteiger partial charge is 0.303 e. The third-order valence-corrected chi connectivity index (χ3v) is 4.88. The zero-order chi connectivity index (χ0) is 19.2. The average molecular weight is 383 g/mol.